The van der Waals surface area contributed by atoms with Crippen molar-refractivity contribution in [1.29, 1.82) is 0 Å². The molecule has 0 bridgehead atoms. The summed E-state index contributed by atoms with van der Waals surface area (Å²) in [6.45, 7) is 1.63. The first kappa shape index (κ1) is 22.7. The number of fused-ring (bicyclic) bond motifs is 1. The van der Waals surface area contributed by atoms with Gasteiger partial charge in [0, 0.05) is 31.3 Å². The maximum Gasteiger partial charge on any atom is 0.328 e. The van der Waals surface area contributed by atoms with E-state index in [-0.39, 0.29) is 17.9 Å². The lowest BCUT2D eigenvalue weighted by atomic mass is 9.84. The van der Waals surface area contributed by atoms with E-state index >= 15 is 0 Å². The van der Waals surface area contributed by atoms with E-state index in [2.05, 4.69) is 5.32 Å². The number of phenols is 1. The molecule has 0 amide bonds. The monoisotopic (exact) mass is 408 g/mol. The number of phenolic OH excluding ortho intramolecular Hbond substituents is 1. The first-order chi connectivity index (χ1) is 13.8. The quantitative estimate of drug-likeness (QED) is 0.239. The van der Waals surface area contributed by atoms with E-state index in [4.69, 9.17) is 20.7 Å². The van der Waals surface area contributed by atoms with Crippen LogP contribution in [-0.4, -0.2) is 57.7 Å². The topological polar surface area (TPSA) is 162 Å². The summed E-state index contributed by atoms with van der Waals surface area (Å²) >= 11 is 0. The van der Waals surface area contributed by atoms with Crippen LogP contribution in [0.4, 0.5) is 5.69 Å². The van der Waals surface area contributed by atoms with Crippen LogP contribution in [0.2, 0.25) is 0 Å². The van der Waals surface area contributed by atoms with Crippen LogP contribution in [0.25, 0.3) is 0 Å². The van der Waals surface area contributed by atoms with Crippen LogP contribution in [0.15, 0.2) is 24.3 Å². The Labute approximate surface area is 168 Å². The molecule has 0 saturated carbocycles. The van der Waals surface area contributed by atoms with Crippen LogP contribution in [-0.2, 0) is 20.7 Å². The molecule has 3 rings (SSSR count). The van der Waals surface area contributed by atoms with Gasteiger partial charge in [-0.3, -0.25) is 0 Å². The lowest BCUT2D eigenvalue weighted by molar-refractivity contribution is -0.134. The summed E-state index contributed by atoms with van der Waals surface area (Å²) in [5, 5.41) is 39.2. The van der Waals surface area contributed by atoms with E-state index in [0.717, 1.165) is 50.0 Å². The molecule has 0 spiro atoms. The summed E-state index contributed by atoms with van der Waals surface area (Å²) in [5.74, 6) is -2.41. The molecule has 1 aromatic rings. The number of hydrogen-bond donors (Lipinski definition) is 6. The summed E-state index contributed by atoms with van der Waals surface area (Å²) in [4.78, 5) is 19.1. The fourth-order valence-electron chi connectivity index (χ4n) is 3.51. The Bertz CT molecular complexity index is 729. The third-order valence-corrected chi connectivity index (χ3v) is 5.03. The minimum absolute atomic E-state index is 0.0203. The maximum absolute atomic E-state index is 10.5. The molecule has 0 radical (unpaired) electrons. The Balaban J connectivity index is 0.000000321. The molecule has 1 heterocycles. The van der Waals surface area contributed by atoms with Crippen LogP contribution in [0.5, 0.6) is 5.75 Å². The van der Waals surface area contributed by atoms with Crippen molar-refractivity contribution < 1.29 is 34.8 Å². The molecule has 1 aliphatic carbocycles. The predicted molar refractivity (Wildman–Crippen MR) is 106 cm³/mol. The fourth-order valence-corrected chi connectivity index (χ4v) is 3.51. The molecular formula is C20H28N2O7. The number of nitrogens with one attached hydrogen (secondary N) is 1. The Morgan fingerprint density at radius 2 is 1.86 bits per heavy atom. The van der Waals surface area contributed by atoms with Gasteiger partial charge >= 0.3 is 11.9 Å². The number of aliphatic hydroxyl groups excluding tert-OH is 1. The number of anilines is 1. The summed E-state index contributed by atoms with van der Waals surface area (Å²) in [5.41, 5.74) is 8.02. The molecular weight excluding hydrogens is 380 g/mol. The standard InChI is InChI=1S/C16H24N2O3.C4H4O4/c17-15-11-4-6-13(16(20)12(11)5-7-14(15)19)18-9-10-3-1-2-8-21-10;5-3(6)1-2-4(7)8/h5,7,10,13,16,18-20H,1-4,6,8-9,17H2;1-2H,(H,5,6)(H,7,8). The Kier molecular flexibility index (Phi) is 8.44. The lowest BCUT2D eigenvalue weighted by Gasteiger charge is -2.33. The maximum atomic E-state index is 10.5. The SMILES string of the molecule is Nc1c(O)ccc2c1CCC(NCC1CCCCO1)C2O.O=C(O)C=CC(=O)O. The van der Waals surface area contributed by atoms with Crippen LogP contribution in [0.1, 0.15) is 42.9 Å². The van der Waals surface area contributed by atoms with Gasteiger partial charge in [0.1, 0.15) is 5.75 Å². The minimum Gasteiger partial charge on any atom is -0.506 e. The third kappa shape index (κ3) is 6.74. The number of carbonyl (C=O) groups is 2. The second kappa shape index (κ2) is 10.8. The van der Waals surface area contributed by atoms with Crippen LogP contribution >= 0.6 is 0 Å². The molecule has 29 heavy (non-hydrogen) atoms. The Morgan fingerprint density at radius 3 is 2.45 bits per heavy atom. The van der Waals surface area contributed by atoms with E-state index < -0.39 is 18.0 Å². The summed E-state index contributed by atoms with van der Waals surface area (Å²) in [7, 11) is 0. The van der Waals surface area contributed by atoms with Gasteiger partial charge in [-0.05, 0) is 49.3 Å². The minimum atomic E-state index is -1.26. The number of nitrogens with two attached hydrogens (primary N) is 1. The third-order valence-electron chi connectivity index (χ3n) is 5.03. The molecule has 7 N–H and O–H groups in total. The average molecular weight is 408 g/mol. The molecule has 160 valence electrons. The molecule has 9 heteroatoms. The zero-order chi connectivity index (χ0) is 21.4. The van der Waals surface area contributed by atoms with Crippen molar-refractivity contribution >= 4 is 17.6 Å². The van der Waals surface area contributed by atoms with Crippen molar-refractivity contribution in [2.45, 2.75) is 50.4 Å². The van der Waals surface area contributed by atoms with E-state index in [1.165, 1.54) is 6.42 Å². The Hall–Kier alpha value is -2.62. The number of hydrogen-bond acceptors (Lipinski definition) is 7. The van der Waals surface area contributed by atoms with Gasteiger partial charge in [0.2, 0.25) is 0 Å². The van der Waals surface area contributed by atoms with Crippen LogP contribution < -0.4 is 11.1 Å². The molecule has 3 unspecified atom stereocenters. The van der Waals surface area contributed by atoms with E-state index in [9.17, 15) is 19.8 Å². The first-order valence-corrected chi connectivity index (χ1v) is 9.56. The molecule has 0 aromatic heterocycles. The molecule has 1 aromatic carbocycles. The van der Waals surface area contributed by atoms with Gasteiger partial charge in [0.05, 0.1) is 17.9 Å². The van der Waals surface area contributed by atoms with Crippen molar-refractivity contribution in [2.75, 3.05) is 18.9 Å². The van der Waals surface area contributed by atoms with Gasteiger partial charge in [-0.1, -0.05) is 6.07 Å². The van der Waals surface area contributed by atoms with Gasteiger partial charge in [-0.2, -0.15) is 0 Å². The number of nitrogen functional groups attached to an aromatic ring is 1. The number of carboxylic acids is 2. The molecule has 1 aliphatic heterocycles. The van der Waals surface area contributed by atoms with Crippen molar-refractivity contribution in [3.8, 4) is 5.75 Å². The highest BCUT2D eigenvalue weighted by Gasteiger charge is 2.30. The molecule has 3 atom stereocenters. The number of benzene rings is 1. The average Bonchev–Trinajstić information content (AvgIpc) is 2.70. The van der Waals surface area contributed by atoms with Crippen molar-refractivity contribution in [2.24, 2.45) is 0 Å². The largest absolute Gasteiger partial charge is 0.506 e. The van der Waals surface area contributed by atoms with Crippen LogP contribution in [0.3, 0.4) is 0 Å². The predicted octanol–water partition coefficient (Wildman–Crippen LogP) is 1.19. The van der Waals surface area contributed by atoms with Crippen molar-refractivity contribution in [1.82, 2.24) is 5.32 Å². The van der Waals surface area contributed by atoms with Gasteiger partial charge in [0.25, 0.3) is 0 Å². The van der Waals surface area contributed by atoms with Gasteiger partial charge in [0.15, 0.2) is 0 Å². The normalized spacial score (nSPS) is 23.7. The number of aliphatic carboxylic acids is 2. The number of aromatic hydroxyl groups is 1. The van der Waals surface area contributed by atoms with E-state index in [1.54, 1.807) is 12.1 Å². The van der Waals surface area contributed by atoms with Crippen LogP contribution in [0, 0.1) is 0 Å². The highest BCUT2D eigenvalue weighted by molar-refractivity contribution is 5.89. The highest BCUT2D eigenvalue weighted by Crippen LogP contribution is 2.37. The lowest BCUT2D eigenvalue weighted by Crippen LogP contribution is -2.43. The zero-order valence-electron chi connectivity index (χ0n) is 16.1. The number of carboxylic acid groups (broad SMARTS) is 2. The highest BCUT2D eigenvalue weighted by atomic mass is 16.5. The summed E-state index contributed by atoms with van der Waals surface area (Å²) in [6, 6.07) is 3.35. The van der Waals surface area contributed by atoms with Gasteiger partial charge < -0.3 is 36.2 Å². The summed E-state index contributed by atoms with van der Waals surface area (Å²) in [6.07, 6.45) is 5.84. The van der Waals surface area contributed by atoms with Crippen molar-refractivity contribution in [3.05, 3.63) is 35.4 Å². The second-order valence-corrected chi connectivity index (χ2v) is 7.06. The number of rotatable bonds is 5. The Morgan fingerprint density at radius 1 is 1.17 bits per heavy atom. The van der Waals surface area contributed by atoms with Gasteiger partial charge in [-0.15, -0.1) is 0 Å². The fraction of sp³-hybridized carbons (Fsp3) is 0.500. The zero-order valence-corrected chi connectivity index (χ0v) is 16.1. The molecule has 2 aliphatic rings. The second-order valence-electron chi connectivity index (χ2n) is 7.06. The number of aliphatic hydroxyl groups is 1. The van der Waals surface area contributed by atoms with E-state index in [0.29, 0.717) is 17.8 Å². The first-order valence-electron chi connectivity index (χ1n) is 9.56. The molecule has 1 fully saturated rings. The molecule has 1 saturated heterocycles. The molecule has 9 nitrogen and oxygen atoms in total. The smallest absolute Gasteiger partial charge is 0.328 e. The summed E-state index contributed by atoms with van der Waals surface area (Å²) < 4.78 is 5.71. The van der Waals surface area contributed by atoms with Gasteiger partial charge in [-0.25, -0.2) is 9.59 Å². The van der Waals surface area contributed by atoms with E-state index in [1.807, 2.05) is 0 Å². The van der Waals surface area contributed by atoms with Crippen molar-refractivity contribution in [3.63, 3.8) is 0 Å². The number of ether oxygens (including phenoxy) is 1.